The van der Waals surface area contributed by atoms with E-state index in [9.17, 15) is 14.4 Å². The van der Waals surface area contributed by atoms with Gasteiger partial charge in [0.2, 0.25) is 0 Å². The van der Waals surface area contributed by atoms with Crippen LogP contribution in [0.1, 0.15) is 24.9 Å². The Hall–Kier alpha value is -2.58. The minimum atomic E-state index is -0.684. The Bertz CT molecular complexity index is 806. The molecule has 0 aliphatic heterocycles. The molecule has 2 aromatic rings. The summed E-state index contributed by atoms with van der Waals surface area (Å²) in [5, 5.41) is 0.345. The average molecular weight is 383 g/mol. The molecular formula is C16H15ClN2O5S. The standard InChI is InChI=1S/C16H15ClN2O5S/c1-9-3-6-13(25-9)16(22)24-8-14(20)18-19-15(21)11-7-10(17)4-5-12(11)23-2/h3-7H,8H2,1-2H3,(H,18,20)(H,19,21). The first-order valence-electron chi connectivity index (χ1n) is 7.07. The molecule has 0 aliphatic rings. The number of amides is 2. The summed E-state index contributed by atoms with van der Waals surface area (Å²) in [6, 6.07) is 7.90. The molecule has 2 amide bonds. The third kappa shape index (κ3) is 5.20. The second-order valence-corrected chi connectivity index (χ2v) is 6.56. The maximum Gasteiger partial charge on any atom is 0.348 e. The van der Waals surface area contributed by atoms with Gasteiger partial charge in [-0.3, -0.25) is 20.4 Å². The highest BCUT2D eigenvalue weighted by Crippen LogP contribution is 2.22. The fourth-order valence-electron chi connectivity index (χ4n) is 1.83. The van der Waals surface area contributed by atoms with Gasteiger partial charge in [0, 0.05) is 9.90 Å². The lowest BCUT2D eigenvalue weighted by Gasteiger charge is -2.10. The maximum atomic E-state index is 12.1. The highest BCUT2D eigenvalue weighted by molar-refractivity contribution is 7.13. The lowest BCUT2D eigenvalue weighted by molar-refractivity contribution is -0.125. The number of aryl methyl sites for hydroxylation is 1. The van der Waals surface area contributed by atoms with Crippen LogP contribution in [0.5, 0.6) is 5.75 Å². The first-order chi connectivity index (χ1) is 11.9. The molecule has 2 rings (SSSR count). The monoisotopic (exact) mass is 382 g/mol. The number of hydrazine groups is 1. The highest BCUT2D eigenvalue weighted by atomic mass is 35.5. The Morgan fingerprint density at radius 3 is 2.56 bits per heavy atom. The van der Waals surface area contributed by atoms with Crippen molar-refractivity contribution < 1.29 is 23.9 Å². The summed E-state index contributed by atoms with van der Waals surface area (Å²) in [6.07, 6.45) is 0. The van der Waals surface area contributed by atoms with E-state index in [0.717, 1.165) is 4.88 Å². The van der Waals surface area contributed by atoms with Gasteiger partial charge < -0.3 is 9.47 Å². The predicted octanol–water partition coefficient (Wildman–Crippen LogP) is 2.34. The van der Waals surface area contributed by atoms with E-state index in [2.05, 4.69) is 10.9 Å². The van der Waals surface area contributed by atoms with Crippen LogP contribution in [0.2, 0.25) is 5.02 Å². The summed E-state index contributed by atoms with van der Waals surface area (Å²) in [6.45, 7) is 1.33. The van der Waals surface area contributed by atoms with Gasteiger partial charge >= 0.3 is 5.97 Å². The lowest BCUT2D eigenvalue weighted by atomic mass is 10.2. The minimum Gasteiger partial charge on any atom is -0.496 e. The van der Waals surface area contributed by atoms with E-state index in [0.29, 0.717) is 15.6 Å². The van der Waals surface area contributed by atoms with E-state index in [1.54, 1.807) is 18.2 Å². The number of halogens is 1. The van der Waals surface area contributed by atoms with E-state index < -0.39 is 24.4 Å². The van der Waals surface area contributed by atoms with Crippen molar-refractivity contribution in [2.45, 2.75) is 6.92 Å². The minimum absolute atomic E-state index is 0.154. The Morgan fingerprint density at radius 2 is 1.92 bits per heavy atom. The van der Waals surface area contributed by atoms with Crippen molar-refractivity contribution in [3.63, 3.8) is 0 Å². The van der Waals surface area contributed by atoms with Crippen LogP contribution in [0, 0.1) is 6.92 Å². The molecule has 0 aliphatic carbocycles. The summed E-state index contributed by atoms with van der Waals surface area (Å²) >= 11 is 7.11. The fourth-order valence-corrected chi connectivity index (χ4v) is 2.77. The Labute approximate surface area is 152 Å². The summed E-state index contributed by atoms with van der Waals surface area (Å²) in [4.78, 5) is 36.8. The average Bonchev–Trinajstić information content (AvgIpc) is 3.04. The van der Waals surface area contributed by atoms with Crippen LogP contribution >= 0.6 is 22.9 Å². The summed E-state index contributed by atoms with van der Waals surface area (Å²) in [7, 11) is 1.41. The molecule has 1 aromatic carbocycles. The number of carbonyl (C=O) groups excluding carboxylic acids is 3. The number of hydrogen-bond acceptors (Lipinski definition) is 6. The van der Waals surface area contributed by atoms with Gasteiger partial charge in [0.1, 0.15) is 10.6 Å². The van der Waals surface area contributed by atoms with Crippen LogP contribution in [0.15, 0.2) is 30.3 Å². The van der Waals surface area contributed by atoms with Crippen molar-refractivity contribution in [2.75, 3.05) is 13.7 Å². The molecule has 0 saturated heterocycles. The van der Waals surface area contributed by atoms with Gasteiger partial charge in [0.05, 0.1) is 12.7 Å². The molecule has 0 radical (unpaired) electrons. The number of esters is 1. The molecule has 0 atom stereocenters. The number of methoxy groups -OCH3 is 1. The van der Waals surface area contributed by atoms with Crippen LogP contribution in [0.4, 0.5) is 0 Å². The Balaban J connectivity index is 1.84. The molecular weight excluding hydrogens is 368 g/mol. The van der Waals surface area contributed by atoms with Crippen LogP contribution in [-0.2, 0) is 9.53 Å². The second kappa shape index (κ2) is 8.50. The van der Waals surface area contributed by atoms with Crippen molar-refractivity contribution in [3.8, 4) is 5.75 Å². The van der Waals surface area contributed by atoms with Crippen molar-refractivity contribution >= 4 is 40.7 Å². The van der Waals surface area contributed by atoms with E-state index in [1.807, 2.05) is 6.92 Å². The third-order valence-corrected chi connectivity index (χ3v) is 4.21. The van der Waals surface area contributed by atoms with Crippen LogP contribution < -0.4 is 15.6 Å². The molecule has 25 heavy (non-hydrogen) atoms. The van der Waals surface area contributed by atoms with Gasteiger partial charge in [-0.1, -0.05) is 11.6 Å². The molecule has 0 saturated carbocycles. The zero-order chi connectivity index (χ0) is 18.4. The first-order valence-corrected chi connectivity index (χ1v) is 8.26. The van der Waals surface area contributed by atoms with Crippen molar-refractivity contribution in [1.29, 1.82) is 0 Å². The number of thiophene rings is 1. The lowest BCUT2D eigenvalue weighted by Crippen LogP contribution is -2.43. The van der Waals surface area contributed by atoms with E-state index >= 15 is 0 Å². The van der Waals surface area contributed by atoms with Crippen LogP contribution in [0.3, 0.4) is 0 Å². The predicted molar refractivity (Wildman–Crippen MR) is 93.0 cm³/mol. The van der Waals surface area contributed by atoms with Gasteiger partial charge in [-0.05, 0) is 37.3 Å². The smallest absolute Gasteiger partial charge is 0.348 e. The Morgan fingerprint density at radius 1 is 1.16 bits per heavy atom. The first kappa shape index (κ1) is 18.8. The van der Waals surface area contributed by atoms with Crippen LogP contribution in [-0.4, -0.2) is 31.5 Å². The normalized spacial score (nSPS) is 10.0. The van der Waals surface area contributed by atoms with E-state index in [-0.39, 0.29) is 5.56 Å². The number of carbonyl (C=O) groups is 3. The molecule has 0 unspecified atom stereocenters. The molecule has 0 fully saturated rings. The maximum absolute atomic E-state index is 12.1. The van der Waals surface area contributed by atoms with Gasteiger partial charge in [0.25, 0.3) is 11.8 Å². The van der Waals surface area contributed by atoms with Gasteiger partial charge in [-0.15, -0.1) is 11.3 Å². The number of nitrogens with one attached hydrogen (secondary N) is 2. The molecule has 2 N–H and O–H groups in total. The fraction of sp³-hybridized carbons (Fsp3) is 0.188. The van der Waals surface area contributed by atoms with Gasteiger partial charge in [-0.25, -0.2) is 4.79 Å². The zero-order valence-corrected chi connectivity index (χ0v) is 15.0. The zero-order valence-electron chi connectivity index (χ0n) is 13.4. The second-order valence-electron chi connectivity index (χ2n) is 4.83. The molecule has 0 spiro atoms. The molecule has 0 bridgehead atoms. The number of ether oxygens (including phenoxy) is 2. The Kier molecular flexibility index (Phi) is 6.37. The molecule has 9 heteroatoms. The number of benzene rings is 1. The molecule has 7 nitrogen and oxygen atoms in total. The van der Waals surface area contributed by atoms with E-state index in [4.69, 9.17) is 21.1 Å². The largest absolute Gasteiger partial charge is 0.496 e. The van der Waals surface area contributed by atoms with Crippen molar-refractivity contribution in [2.24, 2.45) is 0 Å². The highest BCUT2D eigenvalue weighted by Gasteiger charge is 2.15. The van der Waals surface area contributed by atoms with E-state index in [1.165, 1.54) is 30.6 Å². The van der Waals surface area contributed by atoms with Crippen LogP contribution in [0.25, 0.3) is 0 Å². The SMILES string of the molecule is COc1ccc(Cl)cc1C(=O)NNC(=O)COC(=O)c1ccc(C)s1. The topological polar surface area (TPSA) is 93.7 Å². The van der Waals surface area contributed by atoms with Gasteiger partial charge in [-0.2, -0.15) is 0 Å². The van der Waals surface area contributed by atoms with Gasteiger partial charge in [0.15, 0.2) is 6.61 Å². The van der Waals surface area contributed by atoms with Crippen molar-refractivity contribution in [1.82, 2.24) is 10.9 Å². The molecule has 132 valence electrons. The molecule has 1 heterocycles. The quantitative estimate of drug-likeness (QED) is 0.611. The number of hydrogen-bond donors (Lipinski definition) is 2. The third-order valence-electron chi connectivity index (χ3n) is 3.00. The summed E-state index contributed by atoms with van der Waals surface area (Å²) < 4.78 is 9.93. The van der Waals surface area contributed by atoms with Crippen molar-refractivity contribution in [3.05, 3.63) is 50.7 Å². The summed E-state index contributed by atoms with van der Waals surface area (Å²) in [5.41, 5.74) is 4.51. The molecule has 1 aromatic heterocycles. The summed E-state index contributed by atoms with van der Waals surface area (Å²) in [5.74, 6) is -1.60. The number of rotatable bonds is 5.